The molecule has 3 aromatic rings. The van der Waals surface area contributed by atoms with Crippen LogP contribution in [0.3, 0.4) is 0 Å². The van der Waals surface area contributed by atoms with Crippen LogP contribution in [0.25, 0.3) is 22.2 Å². The van der Waals surface area contributed by atoms with Crippen molar-refractivity contribution in [2.75, 3.05) is 0 Å². The van der Waals surface area contributed by atoms with Crippen molar-refractivity contribution in [3.05, 3.63) is 58.1 Å². The summed E-state index contributed by atoms with van der Waals surface area (Å²) in [5.41, 5.74) is 1.42. The van der Waals surface area contributed by atoms with Crippen LogP contribution in [0.4, 0.5) is 4.39 Å². The molecule has 0 unspecified atom stereocenters. The lowest BCUT2D eigenvalue weighted by atomic mass is 10.0. The Balaban J connectivity index is 2.29. The summed E-state index contributed by atoms with van der Waals surface area (Å²) in [4.78, 5) is 8.60. The Kier molecular flexibility index (Phi) is 3.79. The second-order valence-corrected chi connectivity index (χ2v) is 5.32. The van der Waals surface area contributed by atoms with Crippen molar-refractivity contribution in [2.24, 2.45) is 0 Å². The largest absolute Gasteiger partial charge is 0.216 e. The number of aromatic nitrogens is 2. The molecule has 1 heterocycles. The van der Waals surface area contributed by atoms with Crippen molar-refractivity contribution < 1.29 is 4.39 Å². The van der Waals surface area contributed by atoms with Gasteiger partial charge in [0.15, 0.2) is 5.82 Å². The van der Waals surface area contributed by atoms with Gasteiger partial charge < -0.3 is 0 Å². The molecule has 1 aromatic heterocycles. The van der Waals surface area contributed by atoms with Crippen LogP contribution in [0.5, 0.6) is 0 Å². The molecule has 0 aliphatic rings. The summed E-state index contributed by atoms with van der Waals surface area (Å²) in [5.74, 6) is 0.120. The van der Waals surface area contributed by atoms with Gasteiger partial charge >= 0.3 is 0 Å². The second kappa shape index (κ2) is 5.58. The normalized spacial score (nSPS) is 11.0. The first kappa shape index (κ1) is 14.2. The van der Waals surface area contributed by atoms with Crippen LogP contribution in [0, 0.1) is 5.82 Å². The molecule has 0 N–H and O–H groups in total. The van der Waals surface area contributed by atoms with Gasteiger partial charge in [0.25, 0.3) is 0 Å². The summed E-state index contributed by atoms with van der Waals surface area (Å²) in [6.07, 6.45) is 0.655. The van der Waals surface area contributed by atoms with Gasteiger partial charge in [0.1, 0.15) is 16.1 Å². The minimum atomic E-state index is -0.281. The topological polar surface area (TPSA) is 25.8 Å². The predicted molar refractivity (Wildman–Crippen MR) is 84.3 cm³/mol. The molecule has 0 bridgehead atoms. The molecule has 106 valence electrons. The van der Waals surface area contributed by atoms with Gasteiger partial charge in [0, 0.05) is 16.5 Å². The van der Waals surface area contributed by atoms with Crippen LogP contribution in [0.1, 0.15) is 12.5 Å². The molecule has 0 atom stereocenters. The summed E-state index contributed by atoms with van der Waals surface area (Å²) in [5, 5.41) is 1.92. The molecule has 0 aliphatic carbocycles. The van der Waals surface area contributed by atoms with Gasteiger partial charge in [-0.1, -0.05) is 54.4 Å². The van der Waals surface area contributed by atoms with E-state index in [1.807, 2.05) is 19.1 Å². The van der Waals surface area contributed by atoms with E-state index in [9.17, 15) is 4.39 Å². The highest BCUT2D eigenvalue weighted by Crippen LogP contribution is 2.31. The number of fused-ring (bicyclic) bond motifs is 1. The molecule has 5 heteroatoms. The zero-order chi connectivity index (χ0) is 15.0. The predicted octanol–water partition coefficient (Wildman–Crippen LogP) is 5.31. The fourth-order valence-corrected chi connectivity index (χ4v) is 2.96. The molecular weight excluding hydrogens is 310 g/mol. The minimum absolute atomic E-state index is 0.281. The molecule has 0 fully saturated rings. The summed E-state index contributed by atoms with van der Waals surface area (Å²) >= 11 is 12.3. The van der Waals surface area contributed by atoms with Crippen molar-refractivity contribution in [1.29, 1.82) is 0 Å². The summed E-state index contributed by atoms with van der Waals surface area (Å²) in [7, 11) is 0. The summed E-state index contributed by atoms with van der Waals surface area (Å²) in [6.45, 7) is 1.93. The first-order valence-corrected chi connectivity index (χ1v) is 7.27. The molecule has 0 spiro atoms. The number of hydrogen-bond donors (Lipinski definition) is 0. The maximum Gasteiger partial charge on any atom is 0.163 e. The second-order valence-electron chi connectivity index (χ2n) is 4.60. The zero-order valence-electron chi connectivity index (χ0n) is 11.2. The van der Waals surface area contributed by atoms with Crippen LogP contribution in [-0.2, 0) is 6.42 Å². The highest BCUT2D eigenvalue weighted by Gasteiger charge is 2.14. The summed E-state index contributed by atoms with van der Waals surface area (Å²) < 4.78 is 13.9. The van der Waals surface area contributed by atoms with E-state index in [-0.39, 0.29) is 5.82 Å². The van der Waals surface area contributed by atoms with Crippen molar-refractivity contribution in [3.63, 3.8) is 0 Å². The minimum Gasteiger partial charge on any atom is -0.216 e. The lowest BCUT2D eigenvalue weighted by Crippen LogP contribution is -1.97. The SMILES string of the molecule is CCc1c(Cl)nc(-c2ccc(F)c3ccccc23)nc1Cl. The van der Waals surface area contributed by atoms with Crippen molar-refractivity contribution in [3.8, 4) is 11.4 Å². The molecule has 0 amide bonds. The monoisotopic (exact) mass is 320 g/mol. The first-order chi connectivity index (χ1) is 10.1. The van der Waals surface area contributed by atoms with E-state index in [0.717, 1.165) is 5.39 Å². The van der Waals surface area contributed by atoms with Crippen LogP contribution in [0.15, 0.2) is 36.4 Å². The lowest BCUT2D eigenvalue weighted by Gasteiger charge is -2.09. The Morgan fingerprint density at radius 2 is 1.57 bits per heavy atom. The average molecular weight is 321 g/mol. The highest BCUT2D eigenvalue weighted by atomic mass is 35.5. The van der Waals surface area contributed by atoms with Crippen molar-refractivity contribution in [1.82, 2.24) is 9.97 Å². The van der Waals surface area contributed by atoms with Gasteiger partial charge in [-0.05, 0) is 23.9 Å². The number of rotatable bonds is 2. The average Bonchev–Trinajstić information content (AvgIpc) is 2.47. The van der Waals surface area contributed by atoms with Gasteiger partial charge in [0.2, 0.25) is 0 Å². The van der Waals surface area contributed by atoms with Crippen LogP contribution in [-0.4, -0.2) is 9.97 Å². The van der Waals surface area contributed by atoms with E-state index in [0.29, 0.717) is 39.1 Å². The zero-order valence-corrected chi connectivity index (χ0v) is 12.7. The Bertz CT molecular complexity index is 811. The maximum absolute atomic E-state index is 13.9. The fraction of sp³-hybridized carbons (Fsp3) is 0.125. The Hall–Kier alpha value is -1.71. The van der Waals surface area contributed by atoms with Crippen LogP contribution in [0.2, 0.25) is 10.3 Å². The fourth-order valence-electron chi connectivity index (χ4n) is 2.30. The Morgan fingerprint density at radius 1 is 0.952 bits per heavy atom. The quantitative estimate of drug-likeness (QED) is 0.598. The van der Waals surface area contributed by atoms with Gasteiger partial charge in [0.05, 0.1) is 0 Å². The Labute approximate surface area is 131 Å². The maximum atomic E-state index is 13.9. The van der Waals surface area contributed by atoms with Gasteiger partial charge in [-0.2, -0.15) is 0 Å². The molecule has 21 heavy (non-hydrogen) atoms. The lowest BCUT2D eigenvalue weighted by molar-refractivity contribution is 0.640. The van der Waals surface area contributed by atoms with Crippen molar-refractivity contribution >= 4 is 34.0 Å². The van der Waals surface area contributed by atoms with Crippen LogP contribution < -0.4 is 0 Å². The standard InChI is InChI=1S/C16H11Cl2FN2/c1-2-9-14(17)20-16(21-15(9)18)12-7-8-13(19)11-6-4-3-5-10(11)12/h3-8H,2H2,1H3. The van der Waals surface area contributed by atoms with E-state index in [4.69, 9.17) is 23.2 Å². The number of benzene rings is 2. The molecule has 0 aliphatic heterocycles. The van der Waals surface area contributed by atoms with Gasteiger partial charge in [-0.3, -0.25) is 0 Å². The molecule has 3 rings (SSSR count). The molecule has 2 nitrogen and oxygen atoms in total. The van der Waals surface area contributed by atoms with E-state index in [2.05, 4.69) is 9.97 Å². The van der Waals surface area contributed by atoms with E-state index >= 15 is 0 Å². The third kappa shape index (κ3) is 2.47. The summed E-state index contributed by atoms with van der Waals surface area (Å²) in [6, 6.07) is 10.2. The Morgan fingerprint density at radius 3 is 2.19 bits per heavy atom. The van der Waals surface area contributed by atoms with E-state index < -0.39 is 0 Å². The van der Waals surface area contributed by atoms with E-state index in [1.165, 1.54) is 6.07 Å². The molecule has 0 radical (unpaired) electrons. The number of nitrogens with zero attached hydrogens (tertiary/aromatic N) is 2. The van der Waals surface area contributed by atoms with Gasteiger partial charge in [-0.25, -0.2) is 14.4 Å². The third-order valence-corrected chi connectivity index (χ3v) is 4.00. The highest BCUT2D eigenvalue weighted by molar-refractivity contribution is 6.34. The molecule has 2 aromatic carbocycles. The molecular formula is C16H11Cl2FN2. The molecule has 0 saturated carbocycles. The van der Waals surface area contributed by atoms with Crippen molar-refractivity contribution in [2.45, 2.75) is 13.3 Å². The van der Waals surface area contributed by atoms with Gasteiger partial charge in [-0.15, -0.1) is 0 Å². The van der Waals surface area contributed by atoms with Crippen LogP contribution >= 0.6 is 23.2 Å². The molecule has 0 saturated heterocycles. The number of hydrogen-bond acceptors (Lipinski definition) is 2. The smallest absolute Gasteiger partial charge is 0.163 e. The first-order valence-electron chi connectivity index (χ1n) is 6.51. The number of halogens is 3. The third-order valence-electron chi connectivity index (χ3n) is 3.37. The van der Waals surface area contributed by atoms with E-state index in [1.54, 1.807) is 18.2 Å².